The Labute approximate surface area is 232 Å². The number of benzene rings is 2. The van der Waals surface area contributed by atoms with Crippen LogP contribution in [-0.2, 0) is 32.3 Å². The Morgan fingerprint density at radius 2 is 1.77 bits per heavy atom. The number of carbonyl (C=O) groups excluding carboxylic acids is 2. The lowest BCUT2D eigenvalue weighted by atomic mass is 9.95. The third kappa shape index (κ3) is 8.35. The molecule has 1 N–H and O–H groups in total. The van der Waals surface area contributed by atoms with Gasteiger partial charge in [-0.25, -0.2) is 8.42 Å². The second kappa shape index (κ2) is 12.6. The normalized spacial score (nSPS) is 15.5. The average Bonchev–Trinajstić information content (AvgIpc) is 2.85. The molecule has 2 amide bonds. The largest absolute Gasteiger partial charge is 0.417 e. The van der Waals surface area contributed by atoms with Crippen molar-refractivity contribution in [1.29, 1.82) is 0 Å². The maximum absolute atomic E-state index is 13.6. The molecule has 1 aliphatic rings. The summed E-state index contributed by atoms with van der Waals surface area (Å²) < 4.78 is 66.3. The lowest BCUT2D eigenvalue weighted by Crippen LogP contribution is -2.53. The van der Waals surface area contributed by atoms with E-state index in [0.29, 0.717) is 10.4 Å². The standard InChI is InChI=1S/C27H33ClF3N3O4S/c1-18-8-7-9-20(14-18)16-33(19(2)26(36)32-21-10-5-4-6-11-21)25(35)17-34(39(3,37)38)22-12-13-24(28)23(15-22)27(29,30)31/h7-9,12-15,19,21H,4-6,10-11,16-17H2,1-3H3,(H,32,36). The monoisotopic (exact) mass is 587 g/mol. The lowest BCUT2D eigenvalue weighted by molar-refractivity contribution is -0.139. The summed E-state index contributed by atoms with van der Waals surface area (Å²) in [6.07, 6.45) is 0.733. The molecule has 0 heterocycles. The number of nitrogens with zero attached hydrogens (tertiary/aromatic N) is 2. The number of nitrogens with one attached hydrogen (secondary N) is 1. The van der Waals surface area contributed by atoms with E-state index < -0.39 is 45.3 Å². The quantitative estimate of drug-likeness (QED) is 0.431. The first kappa shape index (κ1) is 30.7. The van der Waals surface area contributed by atoms with Gasteiger partial charge in [-0.3, -0.25) is 13.9 Å². The number of anilines is 1. The van der Waals surface area contributed by atoms with Crippen molar-refractivity contribution < 1.29 is 31.2 Å². The van der Waals surface area contributed by atoms with Crippen molar-refractivity contribution in [3.05, 3.63) is 64.2 Å². The fourth-order valence-electron chi connectivity index (χ4n) is 4.66. The van der Waals surface area contributed by atoms with Crippen LogP contribution >= 0.6 is 11.6 Å². The van der Waals surface area contributed by atoms with Crippen LogP contribution in [0.4, 0.5) is 18.9 Å². The van der Waals surface area contributed by atoms with Gasteiger partial charge >= 0.3 is 6.18 Å². The van der Waals surface area contributed by atoms with E-state index in [1.807, 2.05) is 19.1 Å². The zero-order valence-electron chi connectivity index (χ0n) is 22.1. The SMILES string of the molecule is Cc1cccc(CN(C(=O)CN(c2ccc(Cl)c(C(F)(F)F)c2)S(C)(=O)=O)C(C)C(=O)NC2CCCCC2)c1. The maximum atomic E-state index is 13.6. The van der Waals surface area contributed by atoms with E-state index in [4.69, 9.17) is 11.6 Å². The Morgan fingerprint density at radius 1 is 1.10 bits per heavy atom. The van der Waals surface area contributed by atoms with Crippen LogP contribution in [0.25, 0.3) is 0 Å². The van der Waals surface area contributed by atoms with Gasteiger partial charge in [-0.1, -0.05) is 60.7 Å². The van der Waals surface area contributed by atoms with Gasteiger partial charge in [0.2, 0.25) is 21.8 Å². The highest BCUT2D eigenvalue weighted by atomic mass is 35.5. The third-order valence-corrected chi connectivity index (χ3v) is 8.25. The number of carbonyl (C=O) groups is 2. The van der Waals surface area contributed by atoms with Crippen LogP contribution in [0, 0.1) is 6.92 Å². The van der Waals surface area contributed by atoms with Crippen molar-refractivity contribution in [2.45, 2.75) is 70.8 Å². The molecule has 0 spiro atoms. The molecule has 0 aliphatic heterocycles. The van der Waals surface area contributed by atoms with E-state index in [0.717, 1.165) is 61.6 Å². The molecule has 2 aromatic rings. The summed E-state index contributed by atoms with van der Waals surface area (Å²) in [6.45, 7) is 2.64. The summed E-state index contributed by atoms with van der Waals surface area (Å²) in [6, 6.07) is 8.97. The maximum Gasteiger partial charge on any atom is 0.417 e. The highest BCUT2D eigenvalue weighted by Crippen LogP contribution is 2.37. The highest BCUT2D eigenvalue weighted by molar-refractivity contribution is 7.92. The van der Waals surface area contributed by atoms with Crippen LogP contribution in [0.1, 0.15) is 55.7 Å². The minimum atomic E-state index is -4.83. The van der Waals surface area contributed by atoms with E-state index in [-0.39, 0.29) is 24.2 Å². The van der Waals surface area contributed by atoms with Gasteiger partial charge in [0.15, 0.2) is 0 Å². The van der Waals surface area contributed by atoms with Crippen molar-refractivity contribution in [1.82, 2.24) is 10.2 Å². The van der Waals surface area contributed by atoms with Gasteiger partial charge in [-0.05, 0) is 50.5 Å². The Balaban J connectivity index is 1.93. The summed E-state index contributed by atoms with van der Waals surface area (Å²) in [4.78, 5) is 28.1. The van der Waals surface area contributed by atoms with E-state index in [2.05, 4.69) is 5.32 Å². The molecule has 0 aromatic heterocycles. The molecule has 1 unspecified atom stereocenters. The molecule has 0 bridgehead atoms. The zero-order chi connectivity index (χ0) is 29.0. The molecule has 39 heavy (non-hydrogen) atoms. The summed E-state index contributed by atoms with van der Waals surface area (Å²) in [7, 11) is -4.20. The highest BCUT2D eigenvalue weighted by Gasteiger charge is 2.36. The van der Waals surface area contributed by atoms with Crippen LogP contribution in [-0.4, -0.2) is 50.0 Å². The molecule has 1 fully saturated rings. The zero-order valence-corrected chi connectivity index (χ0v) is 23.7. The van der Waals surface area contributed by atoms with Gasteiger partial charge < -0.3 is 10.2 Å². The van der Waals surface area contributed by atoms with Gasteiger partial charge in [0.25, 0.3) is 0 Å². The van der Waals surface area contributed by atoms with Crippen LogP contribution in [0.3, 0.4) is 0 Å². The van der Waals surface area contributed by atoms with E-state index in [1.54, 1.807) is 19.1 Å². The van der Waals surface area contributed by atoms with E-state index in [1.165, 1.54) is 4.90 Å². The fourth-order valence-corrected chi connectivity index (χ4v) is 5.72. The van der Waals surface area contributed by atoms with Gasteiger partial charge in [-0.15, -0.1) is 0 Å². The number of hydrogen-bond donors (Lipinski definition) is 1. The number of hydrogen-bond acceptors (Lipinski definition) is 4. The van der Waals surface area contributed by atoms with Crippen molar-refractivity contribution in [2.24, 2.45) is 0 Å². The minimum Gasteiger partial charge on any atom is -0.352 e. The van der Waals surface area contributed by atoms with E-state index in [9.17, 15) is 31.2 Å². The molecular weight excluding hydrogens is 555 g/mol. The number of sulfonamides is 1. The van der Waals surface area contributed by atoms with Gasteiger partial charge in [0.05, 0.1) is 22.5 Å². The molecule has 0 radical (unpaired) electrons. The molecule has 214 valence electrons. The van der Waals surface area contributed by atoms with Gasteiger partial charge in [0.1, 0.15) is 12.6 Å². The Hall–Kier alpha value is -2.79. The lowest BCUT2D eigenvalue weighted by Gasteiger charge is -2.33. The van der Waals surface area contributed by atoms with Crippen LogP contribution in [0.2, 0.25) is 5.02 Å². The van der Waals surface area contributed by atoms with Crippen LogP contribution in [0.5, 0.6) is 0 Å². The molecule has 1 atom stereocenters. The molecule has 0 saturated heterocycles. The molecule has 1 saturated carbocycles. The van der Waals surface area contributed by atoms with E-state index >= 15 is 0 Å². The predicted octanol–water partition coefficient (Wildman–Crippen LogP) is 5.30. The number of amides is 2. The fraction of sp³-hybridized carbons (Fsp3) is 0.481. The molecule has 3 rings (SSSR count). The first-order valence-electron chi connectivity index (χ1n) is 12.7. The van der Waals surface area contributed by atoms with Crippen molar-refractivity contribution >= 4 is 39.1 Å². The average molecular weight is 588 g/mol. The minimum absolute atomic E-state index is 0.00574. The molecule has 1 aliphatic carbocycles. The Morgan fingerprint density at radius 3 is 2.36 bits per heavy atom. The second-order valence-corrected chi connectivity index (χ2v) is 12.3. The van der Waals surface area contributed by atoms with Crippen molar-refractivity contribution in [2.75, 3.05) is 17.1 Å². The van der Waals surface area contributed by atoms with Crippen LogP contribution < -0.4 is 9.62 Å². The summed E-state index contributed by atoms with van der Waals surface area (Å²) in [5.74, 6) is -1.11. The van der Waals surface area contributed by atoms with Crippen molar-refractivity contribution in [3.8, 4) is 0 Å². The van der Waals surface area contributed by atoms with Crippen molar-refractivity contribution in [3.63, 3.8) is 0 Å². The Bertz CT molecular complexity index is 1300. The van der Waals surface area contributed by atoms with Gasteiger partial charge in [0, 0.05) is 12.6 Å². The summed E-state index contributed by atoms with van der Waals surface area (Å²) in [5.41, 5.74) is 0.0623. The third-order valence-electron chi connectivity index (χ3n) is 6.78. The second-order valence-electron chi connectivity index (χ2n) is 9.96. The Kier molecular flexibility index (Phi) is 9.93. The van der Waals surface area contributed by atoms with Crippen LogP contribution in [0.15, 0.2) is 42.5 Å². The smallest absolute Gasteiger partial charge is 0.352 e. The number of aryl methyl sites for hydroxylation is 1. The number of alkyl halides is 3. The molecule has 12 heteroatoms. The molecular formula is C27H33ClF3N3O4S. The summed E-state index contributed by atoms with van der Waals surface area (Å²) in [5, 5.41) is 2.40. The van der Waals surface area contributed by atoms with Gasteiger partial charge in [-0.2, -0.15) is 13.2 Å². The predicted molar refractivity (Wildman–Crippen MR) is 145 cm³/mol. The number of rotatable bonds is 9. The molecule has 7 nitrogen and oxygen atoms in total. The first-order valence-corrected chi connectivity index (χ1v) is 14.9. The number of halogens is 4. The summed E-state index contributed by atoms with van der Waals surface area (Å²) >= 11 is 5.71. The molecule has 2 aromatic carbocycles. The first-order chi connectivity index (χ1) is 18.2. The topological polar surface area (TPSA) is 86.8 Å².